The number of nitrogens with one attached hydrogen (secondary N) is 2. The van der Waals surface area contributed by atoms with Gasteiger partial charge in [0.25, 0.3) is 0 Å². The van der Waals surface area contributed by atoms with Crippen LogP contribution in [0.2, 0.25) is 0 Å². The molecule has 0 aliphatic carbocycles. The van der Waals surface area contributed by atoms with Gasteiger partial charge in [0.05, 0.1) is 5.94 Å². The summed E-state index contributed by atoms with van der Waals surface area (Å²) in [7, 11) is -0.198. The SMILES string of the molecule is COCCC[C@H](NC(=O)[C@@H]1CCCN1C(=O)[C@@H](Cc1ccccc1)NC(=O)OCc1ccccc1)B(O)O. The molecule has 2 aromatic carbocycles. The number of alkyl carbamates (subject to hydrolysis) is 1. The van der Waals surface area contributed by atoms with Crippen LogP contribution in [0.3, 0.4) is 0 Å². The fraction of sp³-hybridized carbons (Fsp3) is 0.444. The second-order valence-electron chi connectivity index (χ2n) is 9.30. The topological polar surface area (TPSA) is 137 Å². The third-order valence-electron chi connectivity index (χ3n) is 6.48. The van der Waals surface area contributed by atoms with Crippen LogP contribution < -0.4 is 10.6 Å². The summed E-state index contributed by atoms with van der Waals surface area (Å²) in [5.41, 5.74) is 1.66. The Balaban J connectivity index is 1.69. The van der Waals surface area contributed by atoms with E-state index < -0.39 is 43.1 Å². The highest BCUT2D eigenvalue weighted by Crippen LogP contribution is 2.20. The highest BCUT2D eigenvalue weighted by atomic mass is 16.5. The van der Waals surface area contributed by atoms with Crippen molar-refractivity contribution >= 4 is 25.0 Å². The lowest BCUT2D eigenvalue weighted by Crippen LogP contribution is -2.56. The Kier molecular flexibility index (Phi) is 11.6. The van der Waals surface area contributed by atoms with Crippen LogP contribution in [0.4, 0.5) is 4.79 Å². The molecular formula is C27H36BN3O7. The van der Waals surface area contributed by atoms with Crippen molar-refractivity contribution in [2.24, 2.45) is 0 Å². The summed E-state index contributed by atoms with van der Waals surface area (Å²) in [6.45, 7) is 0.820. The molecule has 0 bridgehead atoms. The smallest absolute Gasteiger partial charge is 0.445 e. The van der Waals surface area contributed by atoms with Crippen molar-refractivity contribution in [3.63, 3.8) is 0 Å². The van der Waals surface area contributed by atoms with Crippen molar-refractivity contribution in [2.45, 2.75) is 56.7 Å². The van der Waals surface area contributed by atoms with Gasteiger partial charge >= 0.3 is 13.2 Å². The van der Waals surface area contributed by atoms with E-state index in [2.05, 4.69) is 10.6 Å². The van der Waals surface area contributed by atoms with Crippen molar-refractivity contribution in [3.8, 4) is 0 Å². The first kappa shape index (κ1) is 29.2. The molecule has 11 heteroatoms. The normalized spacial score (nSPS) is 16.4. The van der Waals surface area contributed by atoms with Gasteiger partial charge in [-0.25, -0.2) is 4.79 Å². The number of carbonyl (C=O) groups excluding carboxylic acids is 3. The Morgan fingerprint density at radius 3 is 2.32 bits per heavy atom. The van der Waals surface area contributed by atoms with E-state index in [0.29, 0.717) is 38.8 Å². The molecule has 204 valence electrons. The molecule has 1 fully saturated rings. The fourth-order valence-electron chi connectivity index (χ4n) is 4.48. The standard InChI is InChI=1S/C27H36BN3O7/c1-37-17-9-15-24(28(35)36)30-25(32)23-14-8-16-31(23)26(33)22(18-20-10-4-2-5-11-20)29-27(34)38-19-21-12-6-3-7-13-21/h2-7,10-13,22-24,35-36H,8-9,14-19H2,1H3,(H,29,34)(H,30,32)/t22-,23+,24+/m1/s1. The minimum absolute atomic E-state index is 0.0572. The molecule has 10 nitrogen and oxygen atoms in total. The van der Waals surface area contributed by atoms with E-state index in [1.54, 1.807) is 7.11 Å². The Labute approximate surface area is 223 Å². The molecule has 0 aromatic heterocycles. The van der Waals surface area contributed by atoms with Gasteiger partial charge in [-0.2, -0.15) is 0 Å². The Bertz CT molecular complexity index is 1030. The fourth-order valence-corrected chi connectivity index (χ4v) is 4.48. The number of rotatable bonds is 13. The van der Waals surface area contributed by atoms with Gasteiger partial charge in [0.15, 0.2) is 0 Å². The second kappa shape index (κ2) is 15.1. The third-order valence-corrected chi connectivity index (χ3v) is 6.48. The van der Waals surface area contributed by atoms with E-state index >= 15 is 0 Å². The molecule has 0 unspecified atom stereocenters. The molecule has 0 spiro atoms. The maximum Gasteiger partial charge on any atom is 0.475 e. The van der Waals surface area contributed by atoms with Gasteiger partial charge in [-0.15, -0.1) is 0 Å². The van der Waals surface area contributed by atoms with E-state index in [1.807, 2.05) is 60.7 Å². The molecule has 1 aliphatic heterocycles. The number of nitrogens with zero attached hydrogens (tertiary/aromatic N) is 1. The van der Waals surface area contributed by atoms with Crippen LogP contribution in [0.1, 0.15) is 36.8 Å². The average molecular weight is 525 g/mol. The molecule has 2 aromatic rings. The van der Waals surface area contributed by atoms with E-state index in [-0.39, 0.29) is 13.0 Å². The molecule has 3 amide bonds. The van der Waals surface area contributed by atoms with Crippen LogP contribution in [0.5, 0.6) is 0 Å². The average Bonchev–Trinajstić information content (AvgIpc) is 3.42. The number of likely N-dealkylation sites (tertiary alicyclic amines) is 1. The van der Waals surface area contributed by atoms with Gasteiger partial charge < -0.3 is 35.1 Å². The lowest BCUT2D eigenvalue weighted by molar-refractivity contribution is -0.140. The summed E-state index contributed by atoms with van der Waals surface area (Å²) in [4.78, 5) is 40.9. The van der Waals surface area contributed by atoms with Gasteiger partial charge in [0, 0.05) is 26.7 Å². The van der Waals surface area contributed by atoms with Crippen molar-refractivity contribution < 1.29 is 33.9 Å². The monoisotopic (exact) mass is 525 g/mol. The molecule has 3 atom stereocenters. The molecule has 3 rings (SSSR count). The zero-order valence-corrected chi connectivity index (χ0v) is 21.6. The first-order valence-corrected chi connectivity index (χ1v) is 12.9. The maximum atomic E-state index is 13.7. The largest absolute Gasteiger partial charge is 0.475 e. The summed E-state index contributed by atoms with van der Waals surface area (Å²) in [6.07, 6.45) is 1.37. The van der Waals surface area contributed by atoms with Crippen molar-refractivity contribution in [2.75, 3.05) is 20.3 Å². The summed E-state index contributed by atoms with van der Waals surface area (Å²) in [6, 6.07) is 16.8. The van der Waals surface area contributed by atoms with Gasteiger partial charge in [0.2, 0.25) is 11.8 Å². The second-order valence-corrected chi connectivity index (χ2v) is 9.30. The predicted molar refractivity (Wildman–Crippen MR) is 142 cm³/mol. The highest BCUT2D eigenvalue weighted by Gasteiger charge is 2.39. The van der Waals surface area contributed by atoms with E-state index in [4.69, 9.17) is 9.47 Å². The van der Waals surface area contributed by atoms with Crippen LogP contribution in [-0.4, -0.2) is 78.3 Å². The zero-order valence-electron chi connectivity index (χ0n) is 21.6. The third kappa shape index (κ3) is 8.86. The van der Waals surface area contributed by atoms with Gasteiger partial charge in [0.1, 0.15) is 18.7 Å². The molecule has 1 heterocycles. The predicted octanol–water partition coefficient (Wildman–Crippen LogP) is 1.44. The molecule has 4 N–H and O–H groups in total. The van der Waals surface area contributed by atoms with Crippen molar-refractivity contribution in [1.82, 2.24) is 15.5 Å². The minimum atomic E-state index is -1.74. The summed E-state index contributed by atoms with van der Waals surface area (Å²) < 4.78 is 10.3. The van der Waals surface area contributed by atoms with E-state index in [9.17, 15) is 24.4 Å². The van der Waals surface area contributed by atoms with Crippen molar-refractivity contribution in [1.29, 1.82) is 0 Å². The summed E-state index contributed by atoms with van der Waals surface area (Å²) >= 11 is 0. The van der Waals surface area contributed by atoms with Crippen LogP contribution in [0.15, 0.2) is 60.7 Å². The van der Waals surface area contributed by atoms with Crippen LogP contribution in [-0.2, 0) is 32.1 Å². The number of ether oxygens (including phenoxy) is 2. The quantitative estimate of drug-likeness (QED) is 0.229. The highest BCUT2D eigenvalue weighted by molar-refractivity contribution is 6.43. The first-order chi connectivity index (χ1) is 18.4. The minimum Gasteiger partial charge on any atom is -0.445 e. The maximum absolute atomic E-state index is 13.7. The van der Waals surface area contributed by atoms with E-state index in [1.165, 1.54) is 4.90 Å². The summed E-state index contributed by atoms with van der Waals surface area (Å²) in [5.74, 6) is -1.75. The lowest BCUT2D eigenvalue weighted by atomic mass is 9.76. The van der Waals surface area contributed by atoms with Gasteiger partial charge in [-0.05, 0) is 36.8 Å². The zero-order chi connectivity index (χ0) is 27.3. The number of hydrogen-bond donors (Lipinski definition) is 4. The Hall–Kier alpha value is -3.41. The van der Waals surface area contributed by atoms with Gasteiger partial charge in [-0.1, -0.05) is 60.7 Å². The number of benzene rings is 2. The van der Waals surface area contributed by atoms with Crippen LogP contribution >= 0.6 is 0 Å². The first-order valence-electron chi connectivity index (χ1n) is 12.9. The van der Waals surface area contributed by atoms with E-state index in [0.717, 1.165) is 11.1 Å². The van der Waals surface area contributed by atoms with Crippen LogP contribution in [0, 0.1) is 0 Å². The molecular weight excluding hydrogens is 489 g/mol. The molecule has 1 aliphatic rings. The number of carbonyl (C=O) groups is 3. The molecule has 38 heavy (non-hydrogen) atoms. The molecule has 0 radical (unpaired) electrons. The Morgan fingerprint density at radius 1 is 1.03 bits per heavy atom. The number of hydrogen-bond acceptors (Lipinski definition) is 7. The van der Waals surface area contributed by atoms with Gasteiger partial charge in [-0.3, -0.25) is 9.59 Å². The molecule has 1 saturated heterocycles. The number of amides is 3. The lowest BCUT2D eigenvalue weighted by Gasteiger charge is -2.30. The van der Waals surface area contributed by atoms with Crippen LogP contribution in [0.25, 0.3) is 0 Å². The van der Waals surface area contributed by atoms with Crippen molar-refractivity contribution in [3.05, 3.63) is 71.8 Å². The number of methoxy groups -OCH3 is 1. The Morgan fingerprint density at radius 2 is 1.68 bits per heavy atom. The summed E-state index contributed by atoms with van der Waals surface area (Å²) in [5, 5.41) is 24.8. The molecule has 0 saturated carbocycles.